The first-order valence-electron chi connectivity index (χ1n) is 4.80. The summed E-state index contributed by atoms with van der Waals surface area (Å²) >= 11 is 7.47. The second-order valence-corrected chi connectivity index (χ2v) is 5.23. The highest BCUT2D eigenvalue weighted by atomic mass is 35.5. The molecule has 86 valence electrons. The van der Waals surface area contributed by atoms with Gasteiger partial charge < -0.3 is 5.11 Å². The molecule has 0 aromatic carbocycles. The van der Waals surface area contributed by atoms with E-state index in [0.717, 1.165) is 15.6 Å². The van der Waals surface area contributed by atoms with E-state index in [1.54, 1.807) is 11.7 Å². The predicted octanol–water partition coefficient (Wildman–Crippen LogP) is 2.23. The Bertz CT molecular complexity index is 501. The first kappa shape index (κ1) is 11.6. The summed E-state index contributed by atoms with van der Waals surface area (Å²) in [6.45, 7) is 3.80. The third-order valence-electron chi connectivity index (χ3n) is 2.38. The van der Waals surface area contributed by atoms with Gasteiger partial charge in [0.15, 0.2) is 0 Å². The highest BCUT2D eigenvalue weighted by Crippen LogP contribution is 2.32. The van der Waals surface area contributed by atoms with Crippen LogP contribution in [0.4, 0.5) is 0 Å². The monoisotopic (exact) mass is 257 g/mol. The highest BCUT2D eigenvalue weighted by Gasteiger charge is 2.22. The molecule has 0 aliphatic rings. The number of aliphatic hydroxyl groups excluding tert-OH is 1. The quantitative estimate of drug-likeness (QED) is 0.898. The van der Waals surface area contributed by atoms with Crippen LogP contribution in [0.2, 0.25) is 5.02 Å². The third kappa shape index (κ3) is 1.86. The van der Waals surface area contributed by atoms with Crippen LogP contribution in [0.5, 0.6) is 0 Å². The number of nitrogens with zero attached hydrogens (tertiary/aromatic N) is 3. The summed E-state index contributed by atoms with van der Waals surface area (Å²) in [6.07, 6.45) is 0.773. The van der Waals surface area contributed by atoms with Gasteiger partial charge in [0.1, 0.15) is 6.10 Å². The lowest BCUT2D eigenvalue weighted by Gasteiger charge is -2.10. The summed E-state index contributed by atoms with van der Waals surface area (Å²) in [5, 5.41) is 15.7. The van der Waals surface area contributed by atoms with Gasteiger partial charge in [0.2, 0.25) is 0 Å². The average molecular weight is 258 g/mol. The van der Waals surface area contributed by atoms with E-state index >= 15 is 0 Å². The van der Waals surface area contributed by atoms with E-state index in [4.69, 9.17) is 11.6 Å². The van der Waals surface area contributed by atoms with Gasteiger partial charge in [-0.15, -0.1) is 11.3 Å². The Labute approximate surface area is 103 Å². The summed E-state index contributed by atoms with van der Waals surface area (Å²) in [5.74, 6) is 0. The fourth-order valence-corrected chi connectivity index (χ4v) is 2.84. The molecule has 0 fully saturated rings. The second kappa shape index (κ2) is 4.16. The standard InChI is InChI=1S/C10H12ClN3OS/c1-5-10(16-6(2)13-5)9(15)8-7(11)4-12-14(8)3/h4,9,15H,1-3H3. The van der Waals surface area contributed by atoms with Crippen molar-refractivity contribution in [2.45, 2.75) is 20.0 Å². The van der Waals surface area contributed by atoms with Crippen molar-refractivity contribution in [1.29, 1.82) is 0 Å². The second-order valence-electron chi connectivity index (χ2n) is 3.59. The SMILES string of the molecule is Cc1nc(C)c(C(O)c2c(Cl)cnn2C)s1. The van der Waals surface area contributed by atoms with Gasteiger partial charge in [-0.25, -0.2) is 4.98 Å². The molecule has 2 rings (SSSR count). The van der Waals surface area contributed by atoms with Crippen molar-refractivity contribution in [3.8, 4) is 0 Å². The molecule has 0 aliphatic heterocycles. The van der Waals surface area contributed by atoms with Gasteiger partial charge in [-0.2, -0.15) is 5.10 Å². The van der Waals surface area contributed by atoms with Crippen molar-refractivity contribution >= 4 is 22.9 Å². The molecular weight excluding hydrogens is 246 g/mol. The van der Waals surface area contributed by atoms with Gasteiger partial charge in [-0.05, 0) is 13.8 Å². The largest absolute Gasteiger partial charge is 0.381 e. The Balaban J connectivity index is 2.46. The van der Waals surface area contributed by atoms with Crippen LogP contribution in [0.25, 0.3) is 0 Å². The minimum absolute atomic E-state index is 0.473. The Morgan fingerprint density at radius 3 is 2.62 bits per heavy atom. The van der Waals surface area contributed by atoms with E-state index in [2.05, 4.69) is 10.1 Å². The minimum atomic E-state index is -0.758. The van der Waals surface area contributed by atoms with Crippen molar-refractivity contribution in [2.75, 3.05) is 0 Å². The van der Waals surface area contributed by atoms with Gasteiger partial charge in [0, 0.05) is 7.05 Å². The van der Waals surface area contributed by atoms with Crippen LogP contribution in [0, 0.1) is 13.8 Å². The fourth-order valence-electron chi connectivity index (χ4n) is 1.65. The molecule has 0 amide bonds. The Morgan fingerprint density at radius 2 is 2.19 bits per heavy atom. The lowest BCUT2D eigenvalue weighted by Crippen LogP contribution is -2.06. The molecule has 2 heterocycles. The molecule has 0 saturated carbocycles. The van der Waals surface area contributed by atoms with Gasteiger partial charge in [-0.1, -0.05) is 11.6 Å². The first-order chi connectivity index (χ1) is 7.50. The van der Waals surface area contributed by atoms with Crippen LogP contribution in [0.1, 0.15) is 27.4 Å². The molecule has 2 aromatic rings. The Hall–Kier alpha value is -0.910. The molecule has 0 radical (unpaired) electrons. The van der Waals surface area contributed by atoms with Crippen molar-refractivity contribution in [3.63, 3.8) is 0 Å². The zero-order valence-corrected chi connectivity index (χ0v) is 10.8. The highest BCUT2D eigenvalue weighted by molar-refractivity contribution is 7.11. The summed E-state index contributed by atoms with van der Waals surface area (Å²) in [5.41, 5.74) is 1.45. The zero-order chi connectivity index (χ0) is 11.9. The molecule has 16 heavy (non-hydrogen) atoms. The maximum absolute atomic E-state index is 10.3. The summed E-state index contributed by atoms with van der Waals surface area (Å²) in [4.78, 5) is 5.11. The average Bonchev–Trinajstić information content (AvgIpc) is 2.70. The maximum Gasteiger partial charge on any atom is 0.133 e. The summed E-state index contributed by atoms with van der Waals surface area (Å²) in [7, 11) is 1.76. The van der Waals surface area contributed by atoms with Crippen molar-refractivity contribution in [3.05, 3.63) is 32.5 Å². The van der Waals surface area contributed by atoms with Crippen molar-refractivity contribution < 1.29 is 5.11 Å². The normalized spacial score (nSPS) is 13.1. The van der Waals surface area contributed by atoms with Crippen molar-refractivity contribution in [2.24, 2.45) is 7.05 Å². The number of hydrogen-bond donors (Lipinski definition) is 1. The van der Waals surface area contributed by atoms with Crippen LogP contribution in [-0.2, 0) is 7.05 Å². The number of hydrogen-bond acceptors (Lipinski definition) is 4. The molecule has 0 aliphatic carbocycles. The molecule has 0 bridgehead atoms. The first-order valence-corrected chi connectivity index (χ1v) is 5.99. The van der Waals surface area contributed by atoms with Crippen LogP contribution in [0.3, 0.4) is 0 Å². The zero-order valence-electron chi connectivity index (χ0n) is 9.23. The van der Waals surface area contributed by atoms with E-state index in [1.807, 2.05) is 13.8 Å². The topological polar surface area (TPSA) is 50.9 Å². The van der Waals surface area contributed by atoms with Crippen LogP contribution < -0.4 is 0 Å². The fraction of sp³-hybridized carbons (Fsp3) is 0.400. The maximum atomic E-state index is 10.3. The lowest BCUT2D eigenvalue weighted by atomic mass is 10.2. The van der Waals surface area contributed by atoms with E-state index in [0.29, 0.717) is 10.7 Å². The number of halogens is 1. The Kier molecular flexibility index (Phi) is 3.01. The number of aromatic nitrogens is 3. The lowest BCUT2D eigenvalue weighted by molar-refractivity contribution is 0.212. The van der Waals surface area contributed by atoms with Crippen LogP contribution >= 0.6 is 22.9 Å². The molecule has 1 unspecified atom stereocenters. The molecule has 1 N–H and O–H groups in total. The molecule has 0 spiro atoms. The minimum Gasteiger partial charge on any atom is -0.381 e. The van der Waals surface area contributed by atoms with Gasteiger partial charge in [-0.3, -0.25) is 4.68 Å². The number of aliphatic hydroxyl groups is 1. The van der Waals surface area contributed by atoms with Crippen LogP contribution in [0.15, 0.2) is 6.20 Å². The van der Waals surface area contributed by atoms with Gasteiger partial charge in [0.05, 0.1) is 32.5 Å². The summed E-state index contributed by atoms with van der Waals surface area (Å²) in [6, 6.07) is 0. The number of aryl methyl sites for hydroxylation is 3. The molecule has 1 atom stereocenters. The van der Waals surface area contributed by atoms with E-state index in [-0.39, 0.29) is 0 Å². The molecule has 6 heteroatoms. The van der Waals surface area contributed by atoms with E-state index < -0.39 is 6.10 Å². The van der Waals surface area contributed by atoms with Crippen molar-refractivity contribution in [1.82, 2.24) is 14.8 Å². The molecule has 0 saturated heterocycles. The molecular formula is C10H12ClN3OS. The number of thiazole rings is 1. The smallest absolute Gasteiger partial charge is 0.133 e. The molecule has 4 nitrogen and oxygen atoms in total. The van der Waals surface area contributed by atoms with Gasteiger partial charge in [0.25, 0.3) is 0 Å². The summed E-state index contributed by atoms with van der Waals surface area (Å²) < 4.78 is 1.58. The predicted molar refractivity (Wildman–Crippen MR) is 63.9 cm³/mol. The molecule has 2 aromatic heterocycles. The van der Waals surface area contributed by atoms with E-state index in [1.165, 1.54) is 17.5 Å². The van der Waals surface area contributed by atoms with Crippen LogP contribution in [-0.4, -0.2) is 19.9 Å². The Morgan fingerprint density at radius 1 is 1.50 bits per heavy atom. The number of rotatable bonds is 2. The third-order valence-corrected chi connectivity index (χ3v) is 3.80. The van der Waals surface area contributed by atoms with Gasteiger partial charge >= 0.3 is 0 Å². The van der Waals surface area contributed by atoms with E-state index in [9.17, 15) is 5.11 Å².